The molecule has 0 aliphatic heterocycles. The molecule has 0 fully saturated rings. The van der Waals surface area contributed by atoms with Crippen molar-refractivity contribution in [2.45, 2.75) is 0 Å². The molecule has 0 atom stereocenters. The molecular formula is C44H27N3O. The van der Waals surface area contributed by atoms with Gasteiger partial charge in [0.05, 0.1) is 28.0 Å². The Morgan fingerprint density at radius 1 is 0.438 bits per heavy atom. The normalized spacial score (nSPS) is 11.8. The number of aromatic nitrogens is 3. The van der Waals surface area contributed by atoms with E-state index in [9.17, 15) is 0 Å². The summed E-state index contributed by atoms with van der Waals surface area (Å²) in [5.74, 6) is 0.701. The average Bonchev–Trinajstić information content (AvgIpc) is 3.69. The standard InChI is InChI=1S/C44H27N3O/c1-3-18-32-28(12-1)14-10-21-34(32)38-27-37(45-43(46-38)35-22-11-15-29-13-2-4-19-33(29)35)30-16-9-17-31(26-30)42-36-20-5-6-23-39(36)47-40-24-7-8-25-41(40)48-44(42)47/h1-27H. The fraction of sp³-hybridized carbons (Fsp3) is 0. The minimum absolute atomic E-state index is 0.701. The van der Waals surface area contributed by atoms with E-state index in [4.69, 9.17) is 14.4 Å². The van der Waals surface area contributed by atoms with Gasteiger partial charge in [0.2, 0.25) is 5.71 Å². The summed E-state index contributed by atoms with van der Waals surface area (Å²) in [5, 5.41) is 5.78. The third-order valence-electron chi connectivity index (χ3n) is 9.41. The van der Waals surface area contributed by atoms with Gasteiger partial charge in [0.1, 0.15) is 0 Å². The van der Waals surface area contributed by atoms with Crippen molar-refractivity contribution in [3.8, 4) is 45.0 Å². The topological polar surface area (TPSA) is 43.3 Å². The molecule has 3 aromatic heterocycles. The fourth-order valence-corrected chi connectivity index (χ4v) is 7.22. The maximum atomic E-state index is 6.54. The predicted octanol–water partition coefficient (Wildman–Crippen LogP) is 11.6. The summed E-state index contributed by atoms with van der Waals surface area (Å²) < 4.78 is 8.77. The van der Waals surface area contributed by atoms with E-state index in [1.54, 1.807) is 0 Å². The number of benzene rings is 7. The molecule has 3 heterocycles. The van der Waals surface area contributed by atoms with Gasteiger partial charge in [-0.25, -0.2) is 9.97 Å². The van der Waals surface area contributed by atoms with E-state index < -0.39 is 0 Å². The predicted molar refractivity (Wildman–Crippen MR) is 197 cm³/mol. The molecule has 224 valence electrons. The molecule has 0 spiro atoms. The van der Waals surface area contributed by atoms with Gasteiger partial charge in [-0.1, -0.05) is 133 Å². The Hall–Kier alpha value is -6.52. The molecule has 0 radical (unpaired) electrons. The van der Waals surface area contributed by atoms with Crippen molar-refractivity contribution in [1.29, 1.82) is 0 Å². The molecule has 0 saturated heterocycles. The summed E-state index contributed by atoms with van der Waals surface area (Å²) in [5.41, 5.74) is 10.9. The monoisotopic (exact) mass is 613 g/mol. The van der Waals surface area contributed by atoms with Crippen molar-refractivity contribution in [3.05, 3.63) is 164 Å². The first-order chi connectivity index (χ1) is 23.8. The van der Waals surface area contributed by atoms with Crippen LogP contribution in [0, 0.1) is 0 Å². The lowest BCUT2D eigenvalue weighted by Gasteiger charge is -2.13. The SMILES string of the molecule is c1cc(-c2cc(-c3cccc4ccccc34)nc(-c3cccc4ccccc34)n2)cc(-c2c3ccccc3n3c2oc2ccccc23)c1. The van der Waals surface area contributed by atoms with Crippen molar-refractivity contribution in [1.82, 2.24) is 14.4 Å². The van der Waals surface area contributed by atoms with Crippen LogP contribution in [0.5, 0.6) is 0 Å². The zero-order valence-corrected chi connectivity index (χ0v) is 25.8. The number of fused-ring (bicyclic) bond motifs is 7. The number of nitrogens with zero attached hydrogens (tertiary/aromatic N) is 3. The summed E-state index contributed by atoms with van der Waals surface area (Å²) in [7, 11) is 0. The number of para-hydroxylation sites is 3. The smallest absolute Gasteiger partial charge is 0.213 e. The third-order valence-corrected chi connectivity index (χ3v) is 9.41. The Bertz CT molecular complexity index is 2750. The lowest BCUT2D eigenvalue weighted by molar-refractivity contribution is 0.658. The lowest BCUT2D eigenvalue weighted by atomic mass is 9.98. The lowest BCUT2D eigenvalue weighted by Crippen LogP contribution is -1.97. The summed E-state index contributed by atoms with van der Waals surface area (Å²) in [6.07, 6.45) is 0. The van der Waals surface area contributed by atoms with Crippen molar-refractivity contribution < 1.29 is 4.42 Å². The Labute approximate surface area is 276 Å². The van der Waals surface area contributed by atoms with E-state index in [1.807, 2.05) is 12.1 Å². The second-order valence-electron chi connectivity index (χ2n) is 12.2. The Morgan fingerprint density at radius 3 is 1.83 bits per heavy atom. The molecular weight excluding hydrogens is 587 g/mol. The van der Waals surface area contributed by atoms with Gasteiger partial charge in [0.15, 0.2) is 11.4 Å². The second kappa shape index (κ2) is 10.5. The van der Waals surface area contributed by atoms with Crippen molar-refractivity contribution >= 4 is 49.3 Å². The van der Waals surface area contributed by atoms with Crippen LogP contribution < -0.4 is 0 Å². The van der Waals surface area contributed by atoms with Crippen LogP contribution in [0.2, 0.25) is 0 Å². The van der Waals surface area contributed by atoms with E-state index >= 15 is 0 Å². The quantitative estimate of drug-likeness (QED) is 0.198. The molecule has 0 N–H and O–H groups in total. The van der Waals surface area contributed by atoms with E-state index in [1.165, 1.54) is 5.39 Å². The average molecular weight is 614 g/mol. The molecule has 7 aromatic carbocycles. The Morgan fingerprint density at radius 2 is 1.02 bits per heavy atom. The zero-order valence-electron chi connectivity index (χ0n) is 25.8. The molecule has 0 bridgehead atoms. The van der Waals surface area contributed by atoms with Crippen LogP contribution in [0.1, 0.15) is 0 Å². The molecule has 10 aromatic rings. The highest BCUT2D eigenvalue weighted by Crippen LogP contribution is 2.41. The van der Waals surface area contributed by atoms with E-state index in [-0.39, 0.29) is 0 Å². The van der Waals surface area contributed by atoms with Crippen LogP contribution >= 0.6 is 0 Å². The third kappa shape index (κ3) is 4.10. The van der Waals surface area contributed by atoms with Gasteiger partial charge < -0.3 is 4.42 Å². The highest BCUT2D eigenvalue weighted by atomic mass is 16.3. The molecule has 0 aliphatic rings. The first-order valence-corrected chi connectivity index (χ1v) is 16.2. The molecule has 0 saturated carbocycles. The van der Waals surface area contributed by atoms with Crippen LogP contribution in [0.3, 0.4) is 0 Å². The van der Waals surface area contributed by atoms with Crippen molar-refractivity contribution in [2.24, 2.45) is 0 Å². The van der Waals surface area contributed by atoms with Gasteiger partial charge in [-0.3, -0.25) is 4.40 Å². The minimum Gasteiger partial charge on any atom is -0.438 e. The largest absolute Gasteiger partial charge is 0.438 e. The summed E-state index contributed by atoms with van der Waals surface area (Å²) in [6, 6.07) is 57.2. The zero-order chi connectivity index (χ0) is 31.6. The molecule has 4 nitrogen and oxygen atoms in total. The highest BCUT2D eigenvalue weighted by molar-refractivity contribution is 6.07. The maximum absolute atomic E-state index is 6.54. The number of hydrogen-bond donors (Lipinski definition) is 0. The van der Waals surface area contributed by atoms with E-state index in [0.29, 0.717) is 5.82 Å². The van der Waals surface area contributed by atoms with Gasteiger partial charge in [-0.2, -0.15) is 0 Å². The molecule has 4 heteroatoms. The van der Waals surface area contributed by atoms with Crippen LogP contribution in [0.15, 0.2) is 168 Å². The van der Waals surface area contributed by atoms with Gasteiger partial charge >= 0.3 is 0 Å². The number of rotatable bonds is 4. The van der Waals surface area contributed by atoms with Crippen molar-refractivity contribution in [2.75, 3.05) is 0 Å². The van der Waals surface area contributed by atoms with E-state index in [2.05, 4.69) is 156 Å². The fourth-order valence-electron chi connectivity index (χ4n) is 7.22. The van der Waals surface area contributed by atoms with Crippen LogP contribution in [-0.4, -0.2) is 14.4 Å². The van der Waals surface area contributed by atoms with Crippen LogP contribution in [0.4, 0.5) is 0 Å². The molecule has 48 heavy (non-hydrogen) atoms. The highest BCUT2D eigenvalue weighted by Gasteiger charge is 2.20. The molecule has 0 unspecified atom stereocenters. The maximum Gasteiger partial charge on any atom is 0.213 e. The van der Waals surface area contributed by atoms with E-state index in [0.717, 1.165) is 83.1 Å². The van der Waals surface area contributed by atoms with Gasteiger partial charge in [-0.15, -0.1) is 0 Å². The number of hydrogen-bond acceptors (Lipinski definition) is 3. The Balaban J connectivity index is 1.22. The number of oxazole rings is 1. The first-order valence-electron chi connectivity index (χ1n) is 16.2. The van der Waals surface area contributed by atoms with Gasteiger partial charge in [-0.05, 0) is 57.4 Å². The summed E-state index contributed by atoms with van der Waals surface area (Å²) >= 11 is 0. The summed E-state index contributed by atoms with van der Waals surface area (Å²) in [4.78, 5) is 10.5. The summed E-state index contributed by atoms with van der Waals surface area (Å²) in [6.45, 7) is 0. The molecule has 0 amide bonds. The molecule has 10 rings (SSSR count). The second-order valence-corrected chi connectivity index (χ2v) is 12.2. The minimum atomic E-state index is 0.701. The van der Waals surface area contributed by atoms with Crippen LogP contribution in [-0.2, 0) is 0 Å². The first kappa shape index (κ1) is 26.7. The van der Waals surface area contributed by atoms with Gasteiger partial charge in [0, 0.05) is 22.1 Å². The molecule has 0 aliphatic carbocycles. The van der Waals surface area contributed by atoms with Crippen molar-refractivity contribution in [3.63, 3.8) is 0 Å². The van der Waals surface area contributed by atoms with Gasteiger partial charge in [0.25, 0.3) is 0 Å². The Kier molecular flexibility index (Phi) is 5.84. The van der Waals surface area contributed by atoms with Crippen LogP contribution in [0.25, 0.3) is 94.3 Å².